The zero-order valence-electron chi connectivity index (χ0n) is 11.2. The van der Waals surface area contributed by atoms with Crippen molar-refractivity contribution < 1.29 is 22.5 Å². The van der Waals surface area contributed by atoms with Gasteiger partial charge in [-0.2, -0.15) is 18.3 Å². The highest BCUT2D eigenvalue weighted by molar-refractivity contribution is 5.61. The Labute approximate surface area is 126 Å². The number of nitro groups is 1. The molecule has 0 spiro atoms. The fraction of sp³-hybridized carbons (Fsp3) is 0.0769. The largest absolute Gasteiger partial charge is 0.463 e. The van der Waals surface area contributed by atoms with E-state index in [1.165, 1.54) is 24.6 Å². The molecule has 3 aromatic rings. The summed E-state index contributed by atoms with van der Waals surface area (Å²) >= 11 is 0. The Hall–Kier alpha value is -3.17. The van der Waals surface area contributed by atoms with Gasteiger partial charge in [-0.05, 0) is 12.1 Å². The first kappa shape index (κ1) is 14.8. The Balaban J connectivity index is 2.27. The molecule has 0 aliphatic carbocycles. The fourth-order valence-electron chi connectivity index (χ4n) is 2.00. The summed E-state index contributed by atoms with van der Waals surface area (Å²) in [6, 6.07) is 4.75. The summed E-state index contributed by atoms with van der Waals surface area (Å²) in [5.41, 5.74) is -1.88. The molecule has 0 radical (unpaired) electrons. The lowest BCUT2D eigenvalue weighted by molar-refractivity contribution is -0.384. The Morgan fingerprint density at radius 3 is 2.70 bits per heavy atom. The number of rotatable bonds is 3. The standard InChI is InChI=1S/C13H7F3N4O3/c14-13(15,16)12-6-9(11-2-1-5-23-11)19(18-12)10-7-17-4-3-8(10)20(21)22/h1-7H. The molecule has 0 aliphatic rings. The molecule has 0 saturated heterocycles. The first-order valence-corrected chi connectivity index (χ1v) is 6.18. The van der Waals surface area contributed by atoms with Gasteiger partial charge in [0.1, 0.15) is 5.69 Å². The number of furan rings is 1. The van der Waals surface area contributed by atoms with Crippen molar-refractivity contribution in [3.8, 4) is 17.1 Å². The van der Waals surface area contributed by atoms with Crippen LogP contribution < -0.4 is 0 Å². The molecule has 118 valence electrons. The molecule has 0 N–H and O–H groups in total. The molecule has 0 fully saturated rings. The van der Waals surface area contributed by atoms with E-state index in [2.05, 4.69) is 10.1 Å². The zero-order valence-corrected chi connectivity index (χ0v) is 11.2. The molecule has 0 unspecified atom stereocenters. The van der Waals surface area contributed by atoms with Gasteiger partial charge in [-0.3, -0.25) is 15.1 Å². The second kappa shape index (κ2) is 5.23. The van der Waals surface area contributed by atoms with Crippen LogP contribution in [0.1, 0.15) is 5.69 Å². The molecule has 3 rings (SSSR count). The van der Waals surface area contributed by atoms with Crippen LogP contribution in [0.3, 0.4) is 0 Å². The number of alkyl halides is 3. The van der Waals surface area contributed by atoms with Gasteiger partial charge >= 0.3 is 6.18 Å². The van der Waals surface area contributed by atoms with Gasteiger partial charge in [0.05, 0.1) is 17.4 Å². The quantitative estimate of drug-likeness (QED) is 0.544. The molecule has 0 atom stereocenters. The molecule has 0 amide bonds. The van der Waals surface area contributed by atoms with Crippen molar-refractivity contribution >= 4 is 5.69 Å². The van der Waals surface area contributed by atoms with Gasteiger partial charge < -0.3 is 4.42 Å². The van der Waals surface area contributed by atoms with E-state index in [-0.39, 0.29) is 17.1 Å². The number of hydrogen-bond acceptors (Lipinski definition) is 5. The van der Waals surface area contributed by atoms with Crippen molar-refractivity contribution in [3.05, 3.63) is 58.7 Å². The van der Waals surface area contributed by atoms with Crippen LogP contribution in [0.15, 0.2) is 47.3 Å². The van der Waals surface area contributed by atoms with Crippen LogP contribution in [0.5, 0.6) is 0 Å². The number of nitrogens with zero attached hydrogens (tertiary/aromatic N) is 4. The third-order valence-corrected chi connectivity index (χ3v) is 2.98. The molecule has 0 saturated carbocycles. The van der Waals surface area contributed by atoms with E-state index in [0.29, 0.717) is 0 Å². The highest BCUT2D eigenvalue weighted by Crippen LogP contribution is 2.34. The van der Waals surface area contributed by atoms with Crippen molar-refractivity contribution in [1.82, 2.24) is 14.8 Å². The van der Waals surface area contributed by atoms with Crippen LogP contribution >= 0.6 is 0 Å². The Bertz CT molecular complexity index is 856. The van der Waals surface area contributed by atoms with E-state index in [9.17, 15) is 23.3 Å². The van der Waals surface area contributed by atoms with Gasteiger partial charge in [-0.25, -0.2) is 4.68 Å². The average Bonchev–Trinajstić information content (AvgIpc) is 3.15. The Morgan fingerprint density at radius 1 is 1.30 bits per heavy atom. The molecule has 0 bridgehead atoms. The van der Waals surface area contributed by atoms with Gasteiger partial charge in [0.2, 0.25) is 0 Å². The molecule has 23 heavy (non-hydrogen) atoms. The van der Waals surface area contributed by atoms with E-state index in [4.69, 9.17) is 4.42 Å². The lowest BCUT2D eigenvalue weighted by Crippen LogP contribution is -2.08. The lowest BCUT2D eigenvalue weighted by atomic mass is 10.2. The second-order valence-electron chi connectivity index (χ2n) is 4.42. The number of hydrogen-bond donors (Lipinski definition) is 0. The van der Waals surface area contributed by atoms with Crippen LogP contribution in [-0.2, 0) is 6.18 Å². The summed E-state index contributed by atoms with van der Waals surface area (Å²) in [7, 11) is 0. The predicted molar refractivity (Wildman–Crippen MR) is 70.7 cm³/mol. The van der Waals surface area contributed by atoms with Crippen LogP contribution in [-0.4, -0.2) is 19.7 Å². The van der Waals surface area contributed by atoms with E-state index in [1.54, 1.807) is 0 Å². The number of halogens is 3. The van der Waals surface area contributed by atoms with Crippen molar-refractivity contribution in [3.63, 3.8) is 0 Å². The maximum absolute atomic E-state index is 12.9. The summed E-state index contributed by atoms with van der Waals surface area (Å²) in [4.78, 5) is 14.1. The molecule has 0 aliphatic heterocycles. The minimum absolute atomic E-state index is 0.0709. The minimum atomic E-state index is -4.70. The van der Waals surface area contributed by atoms with E-state index in [1.807, 2.05) is 0 Å². The molecule has 3 aromatic heterocycles. The maximum atomic E-state index is 12.9. The topological polar surface area (TPSA) is 87.0 Å². The van der Waals surface area contributed by atoms with E-state index >= 15 is 0 Å². The highest BCUT2D eigenvalue weighted by Gasteiger charge is 2.36. The first-order valence-electron chi connectivity index (χ1n) is 6.18. The summed E-state index contributed by atoms with van der Waals surface area (Å²) in [5, 5.41) is 14.5. The summed E-state index contributed by atoms with van der Waals surface area (Å²) in [5.74, 6) is 0.0890. The van der Waals surface area contributed by atoms with Gasteiger partial charge in [0.15, 0.2) is 17.1 Å². The van der Waals surface area contributed by atoms with E-state index in [0.717, 1.165) is 23.0 Å². The third kappa shape index (κ3) is 2.65. The average molecular weight is 324 g/mol. The van der Waals surface area contributed by atoms with Crippen LogP contribution in [0, 0.1) is 10.1 Å². The fourth-order valence-corrected chi connectivity index (χ4v) is 2.00. The van der Waals surface area contributed by atoms with Gasteiger partial charge in [-0.15, -0.1) is 0 Å². The zero-order chi connectivity index (χ0) is 16.6. The van der Waals surface area contributed by atoms with Crippen LogP contribution in [0.2, 0.25) is 0 Å². The minimum Gasteiger partial charge on any atom is -0.463 e. The highest BCUT2D eigenvalue weighted by atomic mass is 19.4. The van der Waals surface area contributed by atoms with Crippen molar-refractivity contribution in [1.29, 1.82) is 0 Å². The third-order valence-electron chi connectivity index (χ3n) is 2.98. The van der Waals surface area contributed by atoms with Gasteiger partial charge in [0, 0.05) is 18.3 Å². The van der Waals surface area contributed by atoms with Crippen LogP contribution in [0.4, 0.5) is 18.9 Å². The van der Waals surface area contributed by atoms with Gasteiger partial charge in [0.25, 0.3) is 5.69 Å². The Morgan fingerprint density at radius 2 is 2.09 bits per heavy atom. The Kier molecular flexibility index (Phi) is 3.36. The molecule has 10 heteroatoms. The molecule has 3 heterocycles. The smallest absolute Gasteiger partial charge is 0.435 e. The van der Waals surface area contributed by atoms with Crippen molar-refractivity contribution in [2.75, 3.05) is 0 Å². The monoisotopic (exact) mass is 324 g/mol. The maximum Gasteiger partial charge on any atom is 0.435 e. The SMILES string of the molecule is O=[N+]([O-])c1ccncc1-n1nc(C(F)(F)F)cc1-c1ccco1. The van der Waals surface area contributed by atoms with Crippen molar-refractivity contribution in [2.24, 2.45) is 0 Å². The molecule has 7 nitrogen and oxygen atoms in total. The predicted octanol–water partition coefficient (Wildman–Crippen LogP) is 3.45. The second-order valence-corrected chi connectivity index (χ2v) is 4.42. The molecular weight excluding hydrogens is 317 g/mol. The van der Waals surface area contributed by atoms with Crippen molar-refractivity contribution in [2.45, 2.75) is 6.18 Å². The normalized spacial score (nSPS) is 11.6. The summed E-state index contributed by atoms with van der Waals surface area (Å²) in [6.07, 6.45) is -1.19. The van der Waals surface area contributed by atoms with Gasteiger partial charge in [-0.1, -0.05) is 0 Å². The summed E-state index contributed by atoms with van der Waals surface area (Å²) < 4.78 is 44.7. The number of aromatic nitrogens is 3. The lowest BCUT2D eigenvalue weighted by Gasteiger charge is -2.05. The number of pyridine rings is 1. The molecular formula is C13H7F3N4O3. The van der Waals surface area contributed by atoms with Crippen LogP contribution in [0.25, 0.3) is 17.1 Å². The molecule has 0 aromatic carbocycles. The first-order chi connectivity index (χ1) is 10.9. The van der Waals surface area contributed by atoms with E-state index < -0.39 is 22.5 Å². The summed E-state index contributed by atoms with van der Waals surface area (Å²) in [6.45, 7) is 0.